The monoisotopic (exact) mass is 170 g/mol. The lowest BCUT2D eigenvalue weighted by molar-refractivity contribution is -0.145. The fourth-order valence-corrected chi connectivity index (χ4v) is 1.53. The lowest BCUT2D eigenvalue weighted by Crippen LogP contribution is -2.63. The number of carbonyl (C=O) groups excluding carboxylic acids is 1. The van der Waals surface area contributed by atoms with Gasteiger partial charge in [0.05, 0.1) is 0 Å². The Morgan fingerprint density at radius 3 is 2.83 bits per heavy atom. The van der Waals surface area contributed by atoms with Gasteiger partial charge in [-0.25, -0.2) is 0 Å². The van der Waals surface area contributed by atoms with E-state index >= 15 is 0 Å². The number of nitrogens with two attached hydrogens (primary N) is 1. The van der Waals surface area contributed by atoms with Gasteiger partial charge in [0.25, 0.3) is 0 Å². The summed E-state index contributed by atoms with van der Waals surface area (Å²) in [6.07, 6.45) is 3.49. The Bertz CT molecular complexity index is 170. The highest BCUT2D eigenvalue weighted by molar-refractivity contribution is 5.87. The van der Waals surface area contributed by atoms with Crippen molar-refractivity contribution in [3.8, 4) is 0 Å². The molecule has 0 aromatic carbocycles. The van der Waals surface area contributed by atoms with E-state index < -0.39 is 0 Å². The van der Waals surface area contributed by atoms with Gasteiger partial charge in [-0.1, -0.05) is 19.8 Å². The summed E-state index contributed by atoms with van der Waals surface area (Å²) in [7, 11) is 0. The van der Waals surface area contributed by atoms with Crippen LogP contribution in [0.25, 0.3) is 0 Å². The summed E-state index contributed by atoms with van der Waals surface area (Å²) >= 11 is 0. The molecule has 70 valence electrons. The second-order valence-corrected chi connectivity index (χ2v) is 3.59. The molecule has 12 heavy (non-hydrogen) atoms. The van der Waals surface area contributed by atoms with Crippen LogP contribution in [0.5, 0.6) is 0 Å². The Morgan fingerprint density at radius 1 is 1.75 bits per heavy atom. The summed E-state index contributed by atoms with van der Waals surface area (Å²) < 4.78 is 0. The van der Waals surface area contributed by atoms with Crippen molar-refractivity contribution in [1.29, 1.82) is 0 Å². The van der Waals surface area contributed by atoms with E-state index in [4.69, 9.17) is 5.73 Å². The summed E-state index contributed by atoms with van der Waals surface area (Å²) in [5.41, 5.74) is 5.49. The van der Waals surface area contributed by atoms with Gasteiger partial charge >= 0.3 is 0 Å². The van der Waals surface area contributed by atoms with Crippen molar-refractivity contribution in [1.82, 2.24) is 4.90 Å². The maximum Gasteiger partial charge on any atom is 0.241 e. The van der Waals surface area contributed by atoms with Gasteiger partial charge in [0.2, 0.25) is 5.91 Å². The molecule has 0 aromatic heterocycles. The first kappa shape index (κ1) is 9.52. The maximum atomic E-state index is 11.2. The molecule has 3 heteroatoms. The third-order valence-corrected chi connectivity index (χ3v) is 2.50. The van der Waals surface area contributed by atoms with Gasteiger partial charge in [0.1, 0.15) is 6.04 Å². The number of hydrogen-bond donors (Lipinski definition) is 1. The molecule has 1 heterocycles. The van der Waals surface area contributed by atoms with Gasteiger partial charge in [-0.2, -0.15) is 0 Å². The minimum atomic E-state index is -0.214. The predicted octanol–water partition coefficient (Wildman–Crippen LogP) is 0.735. The maximum absolute atomic E-state index is 11.2. The Balaban J connectivity index is 2.25. The molecule has 0 spiro atoms. The van der Waals surface area contributed by atoms with Crippen molar-refractivity contribution < 1.29 is 4.79 Å². The van der Waals surface area contributed by atoms with Crippen molar-refractivity contribution >= 4 is 5.91 Å². The molecule has 1 saturated heterocycles. The third-order valence-electron chi connectivity index (χ3n) is 2.50. The van der Waals surface area contributed by atoms with Crippen LogP contribution < -0.4 is 5.73 Å². The topological polar surface area (TPSA) is 46.3 Å². The fraction of sp³-hybridized carbons (Fsp3) is 0.889. The van der Waals surface area contributed by atoms with Gasteiger partial charge in [-0.3, -0.25) is 4.79 Å². The molecule has 0 aromatic rings. The van der Waals surface area contributed by atoms with Gasteiger partial charge in [-0.15, -0.1) is 0 Å². The van der Waals surface area contributed by atoms with E-state index in [-0.39, 0.29) is 11.9 Å². The number of nitrogens with zero attached hydrogens (tertiary/aromatic N) is 1. The molecule has 0 radical (unpaired) electrons. The molecular formula is C9H18N2O. The summed E-state index contributed by atoms with van der Waals surface area (Å²) in [5.74, 6) is 0.124. The van der Waals surface area contributed by atoms with Crippen LogP contribution >= 0.6 is 0 Å². The largest absolute Gasteiger partial charge is 0.336 e. The molecule has 0 bridgehead atoms. The second kappa shape index (κ2) is 3.90. The van der Waals surface area contributed by atoms with E-state index in [2.05, 4.69) is 13.8 Å². The molecule has 1 amide bonds. The Hall–Kier alpha value is -0.570. The molecule has 0 saturated carbocycles. The first-order chi connectivity index (χ1) is 5.66. The van der Waals surface area contributed by atoms with E-state index in [0.717, 1.165) is 13.0 Å². The van der Waals surface area contributed by atoms with Gasteiger partial charge in [0.15, 0.2) is 0 Å². The third kappa shape index (κ3) is 1.78. The quantitative estimate of drug-likeness (QED) is 0.632. The molecule has 1 fully saturated rings. The number of β-lactam (4-membered cyclic amide) rings is 1. The van der Waals surface area contributed by atoms with Crippen LogP contribution in [0.1, 0.15) is 33.1 Å². The lowest BCUT2D eigenvalue weighted by Gasteiger charge is -2.40. The smallest absolute Gasteiger partial charge is 0.241 e. The molecule has 2 atom stereocenters. The van der Waals surface area contributed by atoms with Crippen LogP contribution in [0.15, 0.2) is 0 Å². The summed E-state index contributed by atoms with van der Waals surface area (Å²) in [6, 6.07) is 0.173. The number of hydrogen-bond acceptors (Lipinski definition) is 2. The molecular weight excluding hydrogens is 152 g/mol. The zero-order valence-corrected chi connectivity index (χ0v) is 7.92. The highest BCUT2D eigenvalue weighted by Gasteiger charge is 2.35. The first-order valence-corrected chi connectivity index (χ1v) is 4.73. The number of amides is 1. The molecule has 1 rings (SSSR count). The highest BCUT2D eigenvalue weighted by atomic mass is 16.2. The minimum absolute atomic E-state index is 0.124. The molecule has 3 nitrogen and oxygen atoms in total. The molecule has 2 N–H and O–H groups in total. The molecule has 1 aliphatic rings. The van der Waals surface area contributed by atoms with Crippen LogP contribution in [0.4, 0.5) is 0 Å². The average Bonchev–Trinajstić information content (AvgIpc) is 2.09. The van der Waals surface area contributed by atoms with Crippen LogP contribution in [-0.4, -0.2) is 29.4 Å². The molecule has 0 aliphatic carbocycles. The van der Waals surface area contributed by atoms with Crippen molar-refractivity contribution in [2.24, 2.45) is 5.73 Å². The number of likely N-dealkylation sites (tertiary alicyclic amines) is 1. The number of rotatable bonds is 4. The van der Waals surface area contributed by atoms with Gasteiger partial charge < -0.3 is 10.6 Å². The van der Waals surface area contributed by atoms with Crippen molar-refractivity contribution in [2.75, 3.05) is 6.54 Å². The second-order valence-electron chi connectivity index (χ2n) is 3.59. The summed E-state index contributed by atoms with van der Waals surface area (Å²) in [6.45, 7) is 5.01. The standard InChI is InChI=1S/C9H18N2O/c1-3-4-5-7(2)11-6-8(10)9(11)12/h7-8H,3-6,10H2,1-2H3. The molecule has 1 aliphatic heterocycles. The molecule has 2 unspecified atom stereocenters. The van der Waals surface area contributed by atoms with E-state index in [0.29, 0.717) is 6.04 Å². The predicted molar refractivity (Wildman–Crippen MR) is 48.7 cm³/mol. The van der Waals surface area contributed by atoms with Crippen LogP contribution in [0.2, 0.25) is 0 Å². The van der Waals surface area contributed by atoms with Crippen LogP contribution in [-0.2, 0) is 4.79 Å². The Kier molecular flexibility index (Phi) is 3.09. The highest BCUT2D eigenvalue weighted by Crippen LogP contribution is 2.16. The van der Waals surface area contributed by atoms with Crippen LogP contribution in [0.3, 0.4) is 0 Å². The number of carbonyl (C=O) groups is 1. The van der Waals surface area contributed by atoms with E-state index in [9.17, 15) is 4.79 Å². The zero-order chi connectivity index (χ0) is 9.14. The lowest BCUT2D eigenvalue weighted by atomic mass is 10.0. The van der Waals surface area contributed by atoms with Gasteiger partial charge in [-0.05, 0) is 13.3 Å². The summed E-state index contributed by atoms with van der Waals surface area (Å²) in [4.78, 5) is 13.0. The minimum Gasteiger partial charge on any atom is -0.336 e. The Morgan fingerprint density at radius 2 is 2.42 bits per heavy atom. The summed E-state index contributed by atoms with van der Waals surface area (Å²) in [5, 5.41) is 0. The van der Waals surface area contributed by atoms with Crippen molar-refractivity contribution in [2.45, 2.75) is 45.2 Å². The normalized spacial score (nSPS) is 25.4. The van der Waals surface area contributed by atoms with E-state index in [1.807, 2.05) is 4.90 Å². The van der Waals surface area contributed by atoms with E-state index in [1.54, 1.807) is 0 Å². The Labute approximate surface area is 73.9 Å². The van der Waals surface area contributed by atoms with Crippen molar-refractivity contribution in [3.05, 3.63) is 0 Å². The van der Waals surface area contributed by atoms with Gasteiger partial charge in [0, 0.05) is 12.6 Å². The number of unbranched alkanes of at least 4 members (excludes halogenated alkanes) is 1. The fourth-order valence-electron chi connectivity index (χ4n) is 1.53. The van der Waals surface area contributed by atoms with Crippen molar-refractivity contribution in [3.63, 3.8) is 0 Å². The first-order valence-electron chi connectivity index (χ1n) is 4.73. The average molecular weight is 170 g/mol. The SMILES string of the molecule is CCCCC(C)N1CC(N)C1=O. The zero-order valence-electron chi connectivity index (χ0n) is 7.92. The van der Waals surface area contributed by atoms with Crippen LogP contribution in [0, 0.1) is 0 Å². The van der Waals surface area contributed by atoms with E-state index in [1.165, 1.54) is 12.8 Å².